The van der Waals surface area contributed by atoms with Crippen LogP contribution in [0.3, 0.4) is 0 Å². The molecule has 0 aliphatic carbocycles. The van der Waals surface area contributed by atoms with Gasteiger partial charge in [0.05, 0.1) is 12.6 Å². The molecule has 0 radical (unpaired) electrons. The predicted octanol–water partition coefficient (Wildman–Crippen LogP) is 0.827. The Morgan fingerprint density at radius 3 is 2.89 bits per heavy atom. The minimum atomic E-state index is -0.195. The zero-order chi connectivity index (χ0) is 12.8. The monoisotopic (exact) mass is 253 g/mol. The summed E-state index contributed by atoms with van der Waals surface area (Å²) in [6, 6.07) is 6.90. The summed E-state index contributed by atoms with van der Waals surface area (Å²) in [5.41, 5.74) is 7.51. The highest BCUT2D eigenvalue weighted by Gasteiger charge is 2.27. The maximum absolute atomic E-state index is 12.9. The molecule has 0 amide bonds. The quantitative estimate of drug-likeness (QED) is 0.657. The maximum Gasteiger partial charge on any atom is 0.123 e. The normalized spacial score (nSPS) is 23.4. The standard InChI is InChI=1S/C13H20FN3O/c1-18-7-6-15-8-11-9-16-17-13(11)10-2-4-12(14)5-3-10/h2-5,11,13,15-17H,6-9H2,1H3. The van der Waals surface area contributed by atoms with Crippen molar-refractivity contribution < 1.29 is 9.13 Å². The number of hydrogen-bond donors (Lipinski definition) is 3. The second kappa shape index (κ2) is 6.80. The third-order valence-electron chi connectivity index (χ3n) is 3.21. The van der Waals surface area contributed by atoms with Crippen LogP contribution in [-0.4, -0.2) is 33.4 Å². The number of ether oxygens (including phenoxy) is 1. The summed E-state index contributed by atoms with van der Waals surface area (Å²) < 4.78 is 17.9. The van der Waals surface area contributed by atoms with E-state index < -0.39 is 0 Å². The predicted molar refractivity (Wildman–Crippen MR) is 68.5 cm³/mol. The lowest BCUT2D eigenvalue weighted by Gasteiger charge is -2.19. The second-order valence-electron chi connectivity index (χ2n) is 4.51. The molecule has 3 N–H and O–H groups in total. The minimum Gasteiger partial charge on any atom is -0.383 e. The van der Waals surface area contributed by atoms with Crippen molar-refractivity contribution in [2.75, 3.05) is 33.4 Å². The molecule has 0 bridgehead atoms. The molecule has 1 aliphatic rings. The van der Waals surface area contributed by atoms with Crippen LogP contribution < -0.4 is 16.2 Å². The van der Waals surface area contributed by atoms with Gasteiger partial charge in [-0.15, -0.1) is 0 Å². The van der Waals surface area contributed by atoms with Crippen LogP contribution in [0.25, 0.3) is 0 Å². The van der Waals surface area contributed by atoms with Crippen molar-refractivity contribution in [3.05, 3.63) is 35.6 Å². The highest BCUT2D eigenvalue weighted by atomic mass is 19.1. The van der Waals surface area contributed by atoms with Gasteiger partial charge in [0, 0.05) is 32.7 Å². The number of hydrogen-bond acceptors (Lipinski definition) is 4. The smallest absolute Gasteiger partial charge is 0.123 e. The highest BCUT2D eigenvalue weighted by Crippen LogP contribution is 2.24. The van der Waals surface area contributed by atoms with E-state index in [9.17, 15) is 4.39 Å². The van der Waals surface area contributed by atoms with Crippen molar-refractivity contribution in [1.29, 1.82) is 0 Å². The van der Waals surface area contributed by atoms with Crippen LogP contribution in [0.1, 0.15) is 11.6 Å². The van der Waals surface area contributed by atoms with E-state index in [1.165, 1.54) is 12.1 Å². The zero-order valence-corrected chi connectivity index (χ0v) is 10.6. The van der Waals surface area contributed by atoms with Crippen LogP contribution in [0.15, 0.2) is 24.3 Å². The number of hydrazine groups is 1. The van der Waals surface area contributed by atoms with E-state index in [2.05, 4.69) is 16.2 Å². The first-order chi connectivity index (χ1) is 8.81. The van der Waals surface area contributed by atoms with Gasteiger partial charge >= 0.3 is 0 Å². The molecular formula is C13H20FN3O. The van der Waals surface area contributed by atoms with Crippen LogP contribution in [0, 0.1) is 11.7 Å². The number of rotatable bonds is 6. The number of halogens is 1. The summed E-state index contributed by atoms with van der Waals surface area (Å²) in [6.45, 7) is 3.38. The summed E-state index contributed by atoms with van der Waals surface area (Å²) in [5, 5.41) is 3.36. The summed E-state index contributed by atoms with van der Waals surface area (Å²) in [4.78, 5) is 0. The van der Waals surface area contributed by atoms with Gasteiger partial charge in [-0.25, -0.2) is 9.82 Å². The van der Waals surface area contributed by atoms with E-state index in [0.29, 0.717) is 5.92 Å². The minimum absolute atomic E-state index is 0.195. The van der Waals surface area contributed by atoms with Gasteiger partial charge in [-0.3, -0.25) is 5.43 Å². The zero-order valence-electron chi connectivity index (χ0n) is 10.6. The van der Waals surface area contributed by atoms with Crippen molar-refractivity contribution in [3.8, 4) is 0 Å². The Kier molecular flexibility index (Phi) is 5.07. The van der Waals surface area contributed by atoms with Gasteiger partial charge in [0.25, 0.3) is 0 Å². The molecule has 2 atom stereocenters. The summed E-state index contributed by atoms with van der Waals surface area (Å²) in [7, 11) is 1.70. The molecule has 1 aromatic carbocycles. The molecule has 0 aromatic heterocycles. The number of methoxy groups -OCH3 is 1. The summed E-state index contributed by atoms with van der Waals surface area (Å²) >= 11 is 0. The van der Waals surface area contributed by atoms with Gasteiger partial charge in [0.1, 0.15) is 5.82 Å². The van der Waals surface area contributed by atoms with E-state index >= 15 is 0 Å². The Balaban J connectivity index is 1.88. The lowest BCUT2D eigenvalue weighted by atomic mass is 9.95. The van der Waals surface area contributed by atoms with E-state index in [4.69, 9.17) is 4.74 Å². The van der Waals surface area contributed by atoms with Crippen molar-refractivity contribution in [2.24, 2.45) is 5.92 Å². The Bertz CT molecular complexity index is 358. The van der Waals surface area contributed by atoms with Gasteiger partial charge in [-0.2, -0.15) is 0 Å². The third kappa shape index (κ3) is 3.49. The molecule has 1 fully saturated rings. The molecule has 100 valence electrons. The molecule has 0 saturated carbocycles. The highest BCUT2D eigenvalue weighted by molar-refractivity contribution is 5.21. The Hall–Kier alpha value is -1.01. The van der Waals surface area contributed by atoms with E-state index in [0.717, 1.165) is 31.8 Å². The van der Waals surface area contributed by atoms with Gasteiger partial charge in [0.15, 0.2) is 0 Å². The SMILES string of the molecule is COCCNCC1CNNC1c1ccc(F)cc1. The maximum atomic E-state index is 12.9. The van der Waals surface area contributed by atoms with E-state index in [1.54, 1.807) is 7.11 Å². The summed E-state index contributed by atoms with van der Waals surface area (Å²) in [6.07, 6.45) is 0. The number of benzene rings is 1. The molecule has 18 heavy (non-hydrogen) atoms. The fraction of sp³-hybridized carbons (Fsp3) is 0.538. The molecule has 2 rings (SSSR count). The topological polar surface area (TPSA) is 45.3 Å². The Morgan fingerprint density at radius 1 is 1.39 bits per heavy atom. The van der Waals surface area contributed by atoms with Crippen molar-refractivity contribution in [3.63, 3.8) is 0 Å². The van der Waals surface area contributed by atoms with E-state index in [-0.39, 0.29) is 11.9 Å². The van der Waals surface area contributed by atoms with Crippen LogP contribution in [0.2, 0.25) is 0 Å². The Morgan fingerprint density at radius 2 is 2.17 bits per heavy atom. The van der Waals surface area contributed by atoms with Crippen LogP contribution in [0.5, 0.6) is 0 Å². The molecular weight excluding hydrogens is 233 g/mol. The fourth-order valence-electron chi connectivity index (χ4n) is 2.21. The first kappa shape index (κ1) is 13.4. The lowest BCUT2D eigenvalue weighted by molar-refractivity contribution is 0.197. The molecule has 1 saturated heterocycles. The average Bonchev–Trinajstić information content (AvgIpc) is 2.84. The van der Waals surface area contributed by atoms with Crippen LogP contribution >= 0.6 is 0 Å². The molecule has 2 unspecified atom stereocenters. The molecule has 5 heteroatoms. The van der Waals surface area contributed by atoms with E-state index in [1.807, 2.05) is 12.1 Å². The lowest BCUT2D eigenvalue weighted by Crippen LogP contribution is -2.30. The van der Waals surface area contributed by atoms with Crippen LogP contribution in [-0.2, 0) is 4.74 Å². The van der Waals surface area contributed by atoms with Gasteiger partial charge < -0.3 is 10.1 Å². The fourth-order valence-corrected chi connectivity index (χ4v) is 2.21. The molecule has 4 nitrogen and oxygen atoms in total. The van der Waals surface area contributed by atoms with Crippen molar-refractivity contribution >= 4 is 0 Å². The number of nitrogens with one attached hydrogen (secondary N) is 3. The first-order valence-corrected chi connectivity index (χ1v) is 6.25. The van der Waals surface area contributed by atoms with Crippen molar-refractivity contribution in [1.82, 2.24) is 16.2 Å². The molecule has 1 heterocycles. The molecule has 1 aromatic rings. The Labute approximate surface area is 107 Å². The molecule has 1 aliphatic heterocycles. The van der Waals surface area contributed by atoms with Gasteiger partial charge in [-0.05, 0) is 17.7 Å². The second-order valence-corrected chi connectivity index (χ2v) is 4.51. The van der Waals surface area contributed by atoms with Gasteiger partial charge in [-0.1, -0.05) is 12.1 Å². The first-order valence-electron chi connectivity index (χ1n) is 6.25. The largest absolute Gasteiger partial charge is 0.383 e. The van der Waals surface area contributed by atoms with Gasteiger partial charge in [0.2, 0.25) is 0 Å². The summed E-state index contributed by atoms with van der Waals surface area (Å²) in [5.74, 6) is 0.256. The van der Waals surface area contributed by atoms with Crippen LogP contribution in [0.4, 0.5) is 4.39 Å². The van der Waals surface area contributed by atoms with Crippen molar-refractivity contribution in [2.45, 2.75) is 6.04 Å². The molecule has 0 spiro atoms. The third-order valence-corrected chi connectivity index (χ3v) is 3.21. The average molecular weight is 253 g/mol.